The zero-order valence-corrected chi connectivity index (χ0v) is 29.8. The van der Waals surface area contributed by atoms with Crippen molar-refractivity contribution < 1.29 is 38.2 Å². The summed E-state index contributed by atoms with van der Waals surface area (Å²) in [6, 6.07) is 1.75. The highest BCUT2D eigenvalue weighted by atomic mass is 16.6. The average molecular weight is 640 g/mol. The van der Waals surface area contributed by atoms with Crippen LogP contribution in [0.4, 0.5) is 9.59 Å². The van der Waals surface area contributed by atoms with E-state index in [2.05, 4.69) is 39.5 Å². The van der Waals surface area contributed by atoms with E-state index in [1.54, 1.807) is 0 Å². The van der Waals surface area contributed by atoms with Crippen molar-refractivity contribution in [2.24, 2.45) is 17.8 Å². The maximum absolute atomic E-state index is 12.3. The number of amides is 2. The van der Waals surface area contributed by atoms with Gasteiger partial charge in [-0.15, -0.1) is 0 Å². The van der Waals surface area contributed by atoms with Gasteiger partial charge in [-0.25, -0.2) is 9.59 Å². The molecule has 0 saturated carbocycles. The van der Waals surface area contributed by atoms with Gasteiger partial charge in [0, 0.05) is 37.8 Å². The fraction of sp³-hybridized carbons (Fsp3) is 0.882. The Balaban J connectivity index is 0.000000765. The molecule has 11 nitrogen and oxygen atoms in total. The maximum Gasteiger partial charge on any atom is 0.410 e. The van der Waals surface area contributed by atoms with E-state index in [-0.39, 0.29) is 30.1 Å². The lowest BCUT2D eigenvalue weighted by atomic mass is 9.91. The van der Waals surface area contributed by atoms with Crippen LogP contribution in [0.25, 0.3) is 0 Å². The van der Waals surface area contributed by atoms with Crippen molar-refractivity contribution in [1.82, 2.24) is 14.7 Å². The molecule has 260 valence electrons. The number of ether oxygens (including phenoxy) is 2. The first kappa shape index (κ1) is 42.3. The molecule has 45 heavy (non-hydrogen) atoms. The molecule has 3 aliphatic rings. The quantitative estimate of drug-likeness (QED) is 0.335. The van der Waals surface area contributed by atoms with Crippen molar-refractivity contribution in [1.29, 1.82) is 0 Å². The van der Waals surface area contributed by atoms with Gasteiger partial charge < -0.3 is 19.3 Å². The van der Waals surface area contributed by atoms with E-state index < -0.39 is 5.60 Å². The third-order valence-electron chi connectivity index (χ3n) is 7.85. The van der Waals surface area contributed by atoms with E-state index in [0.29, 0.717) is 23.9 Å². The highest BCUT2D eigenvalue weighted by molar-refractivity contribution is 5.69. The normalized spacial score (nSPS) is 23.4. The average Bonchev–Trinajstić information content (AvgIpc) is 3.52. The molecule has 0 aromatic carbocycles. The lowest BCUT2D eigenvalue weighted by Crippen LogP contribution is -2.53. The fourth-order valence-corrected chi connectivity index (χ4v) is 6.40. The number of hydrogen-bond donors (Lipinski definition) is 0. The Bertz CT molecular complexity index is 932. The first-order chi connectivity index (χ1) is 20.8. The van der Waals surface area contributed by atoms with E-state index in [0.717, 1.165) is 57.3 Å². The van der Waals surface area contributed by atoms with Crippen LogP contribution in [0.1, 0.15) is 121 Å². The number of piperidine rings is 1. The lowest BCUT2D eigenvalue weighted by molar-refractivity contribution is -0.193. The monoisotopic (exact) mass is 639 g/mol. The van der Waals surface area contributed by atoms with Gasteiger partial charge >= 0.3 is 24.5 Å². The Hall–Kier alpha value is -2.74. The molecular weight excluding hydrogens is 578 g/mol. The van der Waals surface area contributed by atoms with Crippen LogP contribution in [-0.4, -0.2) is 94.7 Å². The molecule has 0 radical (unpaired) electrons. The number of likely N-dealkylation sites (tertiary alicyclic amines) is 3. The Morgan fingerprint density at radius 3 is 1.62 bits per heavy atom. The van der Waals surface area contributed by atoms with Crippen molar-refractivity contribution in [3.8, 4) is 0 Å². The van der Waals surface area contributed by atoms with Gasteiger partial charge in [-0.1, -0.05) is 34.6 Å². The summed E-state index contributed by atoms with van der Waals surface area (Å²) in [7, 11) is 0. The summed E-state index contributed by atoms with van der Waals surface area (Å²) in [6.07, 6.45) is 8.58. The third kappa shape index (κ3) is 17.5. The van der Waals surface area contributed by atoms with Crippen molar-refractivity contribution in [3.05, 3.63) is 0 Å². The summed E-state index contributed by atoms with van der Waals surface area (Å²) >= 11 is 0. The third-order valence-corrected chi connectivity index (χ3v) is 7.85. The molecule has 2 amide bonds. The molecule has 0 spiro atoms. The second-order valence-electron chi connectivity index (χ2n) is 15.2. The van der Waals surface area contributed by atoms with Crippen LogP contribution in [0.15, 0.2) is 0 Å². The van der Waals surface area contributed by atoms with Crippen molar-refractivity contribution >= 4 is 24.5 Å². The number of carbonyl (C=O) groups is 2. The molecule has 3 fully saturated rings. The molecule has 0 aromatic heterocycles. The molecule has 2 unspecified atom stereocenters. The van der Waals surface area contributed by atoms with Crippen molar-refractivity contribution in [2.75, 3.05) is 26.2 Å². The predicted molar refractivity (Wildman–Crippen MR) is 170 cm³/mol. The summed E-state index contributed by atoms with van der Waals surface area (Å²) in [5.74, 6) is 1.91. The molecule has 3 rings (SSSR count). The molecule has 0 aromatic rings. The van der Waals surface area contributed by atoms with Gasteiger partial charge in [-0.05, 0) is 111 Å². The van der Waals surface area contributed by atoms with E-state index in [1.807, 2.05) is 51.3 Å². The smallest absolute Gasteiger partial charge is 0.410 e. The predicted octanol–water partition coefficient (Wildman–Crippen LogP) is 6.41. The molecule has 0 bridgehead atoms. The minimum Gasteiger partial charge on any atom is -0.444 e. The van der Waals surface area contributed by atoms with Crippen LogP contribution in [0.3, 0.4) is 0 Å². The zero-order valence-electron chi connectivity index (χ0n) is 29.8. The molecule has 4 atom stereocenters. The van der Waals surface area contributed by atoms with Crippen LogP contribution in [0.2, 0.25) is 0 Å². The standard InChI is InChI=1S/C19H36N2O2.C13H25NO2.2CO2/c1-14(2)12-16-8-7-10-21(16)17-9-11-20(13-15(17)3)18(22)23-19(4,5)6;1-10(2)9-11-7-6-8-14(11)12(15)16-13(3,4)5;2*2-1-3/h14-17H,7-13H2,1-6H3;10-11H,6-9H2,1-5H3;;/t15?,16-,17?;11-;;/m00../s1. The number of rotatable bonds is 5. The highest BCUT2D eigenvalue weighted by Gasteiger charge is 2.38. The minimum absolute atomic E-state index is 0.143. The summed E-state index contributed by atoms with van der Waals surface area (Å²) in [6.45, 7) is 26.6. The van der Waals surface area contributed by atoms with Crippen LogP contribution in [0, 0.1) is 17.8 Å². The number of carbonyl (C=O) groups excluding carboxylic acids is 6. The minimum atomic E-state index is -0.408. The second-order valence-corrected chi connectivity index (χ2v) is 15.2. The van der Waals surface area contributed by atoms with Crippen LogP contribution >= 0.6 is 0 Å². The summed E-state index contributed by atoms with van der Waals surface area (Å²) in [5, 5.41) is 0. The Labute approximate surface area is 271 Å². The molecule has 11 heteroatoms. The van der Waals surface area contributed by atoms with Crippen LogP contribution < -0.4 is 0 Å². The Morgan fingerprint density at radius 1 is 0.711 bits per heavy atom. The number of hydrogen-bond acceptors (Lipinski definition) is 9. The summed E-state index contributed by atoms with van der Waals surface area (Å²) < 4.78 is 11.0. The van der Waals surface area contributed by atoms with Crippen LogP contribution in [0.5, 0.6) is 0 Å². The summed E-state index contributed by atoms with van der Waals surface area (Å²) in [5.41, 5.74) is -0.795. The summed E-state index contributed by atoms with van der Waals surface area (Å²) in [4.78, 5) is 63.3. The SMILES string of the molecule is CC(C)C[C@@H]1CCCN1C(=O)OC(C)(C)C.CC(C)C[C@@H]1CCCN1C1CCN(C(=O)OC(C)(C)C)CC1C.O=C=O.O=C=O. The van der Waals surface area contributed by atoms with E-state index in [9.17, 15) is 9.59 Å². The zero-order chi connectivity index (χ0) is 35.0. The largest absolute Gasteiger partial charge is 0.444 e. The lowest BCUT2D eigenvalue weighted by Gasteiger charge is -2.43. The van der Waals surface area contributed by atoms with Gasteiger partial charge in [0.25, 0.3) is 0 Å². The first-order valence-corrected chi connectivity index (χ1v) is 16.5. The fourth-order valence-electron chi connectivity index (χ4n) is 6.40. The van der Waals surface area contributed by atoms with Gasteiger partial charge in [0.15, 0.2) is 0 Å². The first-order valence-electron chi connectivity index (χ1n) is 16.5. The van der Waals surface area contributed by atoms with Gasteiger partial charge in [-0.3, -0.25) is 4.90 Å². The van der Waals surface area contributed by atoms with Gasteiger partial charge in [0.05, 0.1) is 0 Å². The Morgan fingerprint density at radius 2 is 1.16 bits per heavy atom. The maximum atomic E-state index is 12.3. The second kappa shape index (κ2) is 20.4. The molecule has 3 saturated heterocycles. The van der Waals surface area contributed by atoms with E-state index in [1.165, 1.54) is 25.8 Å². The molecule has 0 N–H and O–H groups in total. The van der Waals surface area contributed by atoms with Crippen LogP contribution in [-0.2, 0) is 28.7 Å². The molecule has 3 aliphatic heterocycles. The number of nitrogens with zero attached hydrogens (tertiary/aromatic N) is 3. The van der Waals surface area contributed by atoms with Gasteiger partial charge in [-0.2, -0.15) is 19.2 Å². The topological polar surface area (TPSA) is 131 Å². The molecule has 3 heterocycles. The van der Waals surface area contributed by atoms with E-state index >= 15 is 0 Å². The van der Waals surface area contributed by atoms with Gasteiger partial charge in [0.2, 0.25) is 0 Å². The van der Waals surface area contributed by atoms with Gasteiger partial charge in [0.1, 0.15) is 11.2 Å². The molecule has 0 aliphatic carbocycles. The van der Waals surface area contributed by atoms with Crippen molar-refractivity contribution in [2.45, 2.75) is 150 Å². The van der Waals surface area contributed by atoms with Crippen molar-refractivity contribution in [3.63, 3.8) is 0 Å². The highest BCUT2D eigenvalue weighted by Crippen LogP contribution is 2.32. The molecular formula is C34H61N3O8. The van der Waals surface area contributed by atoms with E-state index in [4.69, 9.17) is 28.7 Å². The Kier molecular flexibility index (Phi) is 19.2.